The molecule has 3 fully saturated rings. The average molecular weight is 1290 g/mol. The Morgan fingerprint density at radius 3 is 1.39 bits per heavy atom. The fourth-order valence-electron chi connectivity index (χ4n) is 6.85. The van der Waals surface area contributed by atoms with E-state index in [-0.39, 0.29) is 55.9 Å². The molecule has 9 rings (SSSR count). The second-order valence-corrected chi connectivity index (χ2v) is 22.0. The van der Waals surface area contributed by atoms with E-state index < -0.39 is 17.7 Å². The first-order valence-corrected chi connectivity index (χ1v) is 27.5. The third kappa shape index (κ3) is 21.3. The number of amides is 2. The summed E-state index contributed by atoms with van der Waals surface area (Å²) in [7, 11) is 6.17. The molecule has 6 aromatic rings. The Kier molecular flexibility index (Phi) is 26.8. The van der Waals surface area contributed by atoms with E-state index in [1.54, 1.807) is 71.8 Å². The maximum absolute atomic E-state index is 12.8. The molecule has 6 N–H and O–H groups in total. The van der Waals surface area contributed by atoms with E-state index in [2.05, 4.69) is 29.9 Å². The Balaban J connectivity index is 0.000000243. The highest BCUT2D eigenvalue weighted by molar-refractivity contribution is 6.40. The number of halogens is 6. The van der Waals surface area contributed by atoms with Crippen LogP contribution in [0, 0.1) is 17.8 Å². The molecule has 0 atom stereocenters. The van der Waals surface area contributed by atoms with Crippen molar-refractivity contribution in [3.05, 3.63) is 132 Å². The number of pyridine rings is 6. The van der Waals surface area contributed by atoms with Crippen molar-refractivity contribution in [2.75, 3.05) is 53.1 Å². The Morgan fingerprint density at radius 1 is 0.619 bits per heavy atom. The Hall–Kier alpha value is -6.96. The lowest BCUT2D eigenvalue weighted by atomic mass is 10.1. The number of hydrogen-bond acceptors (Lipinski definition) is 17. The van der Waals surface area contributed by atoms with Gasteiger partial charge in [-0.3, -0.25) is 9.59 Å². The van der Waals surface area contributed by atoms with Crippen molar-refractivity contribution in [1.82, 2.24) is 19.7 Å². The number of hydrogen-bond donors (Lipinski definition) is 2. The number of nitrogens with one attached hydrogen (secondary N) is 2. The average Bonchev–Trinajstić information content (AvgIpc) is 4.42. The van der Waals surface area contributed by atoms with Crippen molar-refractivity contribution in [2.45, 2.75) is 71.3 Å². The molecule has 0 unspecified atom stereocenters. The van der Waals surface area contributed by atoms with Gasteiger partial charge in [-0.05, 0) is 77.0 Å². The minimum absolute atomic E-state index is 0. The summed E-state index contributed by atoms with van der Waals surface area (Å²) in [6, 6.07) is 4.58. The molecule has 2 amide bonds. The minimum atomic E-state index is -1.07. The van der Waals surface area contributed by atoms with E-state index in [1.165, 1.54) is 82.3 Å². The Bertz CT molecular complexity index is 3260. The molecule has 0 aliphatic heterocycles. The maximum Gasteiger partial charge on any atom is 0.434 e. The van der Waals surface area contributed by atoms with E-state index in [0.717, 1.165) is 12.4 Å². The number of H-pyrrole nitrogens is 2. The van der Waals surface area contributed by atoms with Crippen LogP contribution in [0.15, 0.2) is 79.0 Å². The molecular weight excluding hydrogens is 1230 g/mol. The van der Waals surface area contributed by atoms with Gasteiger partial charge in [0.05, 0.1) is 87.9 Å². The van der Waals surface area contributed by atoms with Gasteiger partial charge in [0.25, 0.3) is 5.91 Å². The van der Waals surface area contributed by atoms with Crippen LogP contribution in [0.4, 0.5) is 10.5 Å². The number of carbonyl (C=O) groups is 4. The number of aromatic carboxylic acids is 1. The number of carboxylic acids is 1. The summed E-state index contributed by atoms with van der Waals surface area (Å²) in [5.74, 6) is 3.11. The van der Waals surface area contributed by atoms with Crippen molar-refractivity contribution in [3.8, 4) is 34.5 Å². The summed E-state index contributed by atoms with van der Waals surface area (Å²) in [4.78, 5) is 70.2. The number of ketones is 1. The van der Waals surface area contributed by atoms with Gasteiger partial charge >= 0.3 is 12.1 Å². The third-order valence-corrected chi connectivity index (χ3v) is 13.6. The number of ether oxygens (including phenoxy) is 7. The summed E-state index contributed by atoms with van der Waals surface area (Å²) in [5, 5.41) is 19.6. The van der Waals surface area contributed by atoms with Crippen LogP contribution in [-0.2, 0) is 11.2 Å². The highest BCUT2D eigenvalue weighted by Gasteiger charge is 2.27. The molecule has 454 valence electrons. The van der Waals surface area contributed by atoms with Crippen LogP contribution in [0.1, 0.15) is 96.3 Å². The highest BCUT2D eigenvalue weighted by atomic mass is 35.5. The number of carbonyl (C=O) groups excluding carboxylic acids is 3. The Morgan fingerprint density at radius 2 is 1.00 bits per heavy atom. The van der Waals surface area contributed by atoms with Crippen molar-refractivity contribution < 1.29 is 83.6 Å². The summed E-state index contributed by atoms with van der Waals surface area (Å²) < 4.78 is 38.3. The van der Waals surface area contributed by atoms with Crippen LogP contribution < -0.4 is 48.6 Å². The number of carboxylic acid groups (broad SMARTS) is 1. The van der Waals surface area contributed by atoms with Gasteiger partial charge in [-0.1, -0.05) is 69.6 Å². The first kappa shape index (κ1) is 69.5. The summed E-state index contributed by atoms with van der Waals surface area (Å²) in [6.45, 7) is 7.00. The molecule has 3 aliphatic rings. The molecule has 0 spiro atoms. The zero-order chi connectivity index (χ0) is 59.8. The van der Waals surface area contributed by atoms with E-state index in [1.807, 2.05) is 0 Å². The highest BCUT2D eigenvalue weighted by Crippen LogP contribution is 2.37. The molecule has 29 heteroatoms. The van der Waals surface area contributed by atoms with Crippen molar-refractivity contribution in [2.24, 2.45) is 22.7 Å². The van der Waals surface area contributed by atoms with Crippen LogP contribution in [0.5, 0.6) is 34.5 Å². The van der Waals surface area contributed by atoms with Gasteiger partial charge in [-0.2, -0.15) is 9.72 Å². The van der Waals surface area contributed by atoms with Gasteiger partial charge in [-0.25, -0.2) is 34.5 Å². The van der Waals surface area contributed by atoms with Gasteiger partial charge < -0.3 is 59.3 Å². The largest absolute Gasteiger partial charge is 0.870 e. The van der Waals surface area contributed by atoms with E-state index >= 15 is 0 Å². The van der Waals surface area contributed by atoms with Gasteiger partial charge in [0.15, 0.2) is 70.8 Å². The van der Waals surface area contributed by atoms with Crippen LogP contribution in [-0.4, -0.2) is 119 Å². The fraction of sp³-hybridized carbons (Fsp3) is 0.382. The maximum atomic E-state index is 12.8. The Labute approximate surface area is 513 Å². The molecule has 0 saturated heterocycles. The SMILES string of the molecule is CC(C)(C)OC(=O)N=c1c(Cl)cn(O)cc1Cl.COc1cnc(C(=O)Cc2c(Cl)c[nH+]cc2Cl)cc1OCC1CC1.COc1cnc(C(=O)N(C)c2c(Cl)c[nH+]cc2Cl)cc1OCC1CC1.COc1cnc(C(=O)O)cc1OCC1CC1.[OH-].[OH-]. The lowest BCUT2D eigenvalue weighted by molar-refractivity contribution is -0.378. The van der Waals surface area contributed by atoms with Crippen LogP contribution in [0.3, 0.4) is 0 Å². The van der Waals surface area contributed by atoms with Crippen molar-refractivity contribution >= 4 is 99.0 Å². The summed E-state index contributed by atoms with van der Waals surface area (Å²) in [5.41, 5.74) is 0.804. The molecule has 0 radical (unpaired) electrons. The number of Topliss-reactive ketones (excluding diaryl/α,β-unsaturated/α-hetero) is 1. The monoisotopic (exact) mass is 1280 g/mol. The molecule has 6 aromatic heterocycles. The number of rotatable bonds is 18. The number of aromatic amines is 2. The van der Waals surface area contributed by atoms with Crippen LogP contribution in [0.2, 0.25) is 30.1 Å². The summed E-state index contributed by atoms with van der Waals surface area (Å²) in [6.07, 6.45) is 19.3. The molecule has 6 heterocycles. The van der Waals surface area contributed by atoms with E-state index in [0.29, 0.717) is 114 Å². The van der Waals surface area contributed by atoms with Crippen LogP contribution >= 0.6 is 69.6 Å². The third-order valence-electron chi connectivity index (χ3n) is 11.8. The second kappa shape index (κ2) is 32.4. The van der Waals surface area contributed by atoms with Crippen LogP contribution in [0.25, 0.3) is 0 Å². The first-order chi connectivity index (χ1) is 39.0. The number of aromatic nitrogens is 6. The van der Waals surface area contributed by atoms with E-state index in [4.69, 9.17) is 113 Å². The van der Waals surface area contributed by atoms with Gasteiger partial charge in [0.1, 0.15) is 42.4 Å². The molecule has 3 aliphatic carbocycles. The zero-order valence-corrected chi connectivity index (χ0v) is 51.0. The lowest BCUT2D eigenvalue weighted by Gasteiger charge is -2.19. The van der Waals surface area contributed by atoms with Gasteiger partial charge in [-0.15, -0.1) is 0 Å². The number of nitrogens with zero attached hydrogens (tertiary/aromatic N) is 6. The van der Waals surface area contributed by atoms with Gasteiger partial charge in [0.2, 0.25) is 0 Å². The quantitative estimate of drug-likeness (QED) is 0.0596. The molecule has 3 saturated carbocycles. The minimum Gasteiger partial charge on any atom is -0.870 e. The molecular formula is C55H62Cl6N8O15. The fourth-order valence-corrected chi connectivity index (χ4v) is 8.53. The topological polar surface area (TPSA) is 321 Å². The van der Waals surface area contributed by atoms with Crippen molar-refractivity contribution in [3.63, 3.8) is 0 Å². The van der Waals surface area contributed by atoms with Crippen molar-refractivity contribution in [1.29, 1.82) is 0 Å². The number of anilines is 1. The summed E-state index contributed by atoms with van der Waals surface area (Å²) >= 11 is 36.1. The zero-order valence-electron chi connectivity index (χ0n) is 46.5. The van der Waals surface area contributed by atoms with E-state index in [9.17, 15) is 19.2 Å². The van der Waals surface area contributed by atoms with Gasteiger partial charge in [0, 0.05) is 37.2 Å². The number of methoxy groups -OCH3 is 3. The normalized spacial score (nSPS) is 12.9. The molecule has 23 nitrogen and oxygen atoms in total. The predicted octanol–water partition coefficient (Wildman–Crippen LogP) is 10.8. The molecule has 0 bridgehead atoms. The predicted molar refractivity (Wildman–Crippen MR) is 308 cm³/mol. The second-order valence-electron chi connectivity index (χ2n) is 19.6. The first-order valence-electron chi connectivity index (χ1n) is 25.3. The lowest BCUT2D eigenvalue weighted by Crippen LogP contribution is -2.28. The molecule has 0 aromatic carbocycles. The molecule has 84 heavy (non-hydrogen) atoms. The smallest absolute Gasteiger partial charge is 0.434 e. The standard InChI is InChI=1S/C17H17Cl2N3O3.C17H16Cl2N2O3.C11H13NO4.C10H12Cl2N2O3.2H2O/c1-22(16-11(18)6-20-7-12(16)19)17(23)13-5-14(15(24-2)8-21-13)25-9-10-3-4-10;1-23-17-8-21-14(5-16(17)24-9-10-2-3-10)15(22)4-11-12(18)6-20-7-13(11)19;1-15-10-5-12-8(11(13)14)4-9(10)16-6-7-2-3-7;1-10(2,3)17-9(15)13-8-6(11)4-14(16)5-7(8)12;;/h5-8,10H,3-4,9H2,1-2H3;5-8,10H,2-4,9H2,1H3;4-5,7H,2-3,6H2,1H3,(H,13,14);4-5,16H,1-3H3;2*1H2.